The smallest absolute Gasteiger partial charge is 0.0540 e. The molecule has 0 amide bonds. The van der Waals surface area contributed by atoms with Gasteiger partial charge in [-0.15, -0.1) is 11.8 Å². The van der Waals surface area contributed by atoms with Crippen molar-refractivity contribution in [2.75, 3.05) is 6.61 Å². The van der Waals surface area contributed by atoms with Crippen molar-refractivity contribution in [3.05, 3.63) is 58.7 Å². The SMILES string of the molecule is CC#Cc1ccc2c(c1)-c1cc(C#CC)ccc1C2CO. The number of fused-ring (bicyclic) bond motifs is 3. The second kappa shape index (κ2) is 5.49. The second-order valence-electron chi connectivity index (χ2n) is 5.09. The summed E-state index contributed by atoms with van der Waals surface area (Å²) in [7, 11) is 0. The van der Waals surface area contributed by atoms with Crippen LogP contribution in [0.25, 0.3) is 11.1 Å². The van der Waals surface area contributed by atoms with Gasteiger partial charge in [0.25, 0.3) is 0 Å². The molecule has 2 aromatic rings. The molecule has 0 atom stereocenters. The lowest BCUT2D eigenvalue weighted by Gasteiger charge is -2.09. The van der Waals surface area contributed by atoms with Gasteiger partial charge in [-0.3, -0.25) is 0 Å². The first-order chi connectivity index (χ1) is 10.3. The number of benzene rings is 2. The summed E-state index contributed by atoms with van der Waals surface area (Å²) < 4.78 is 0. The monoisotopic (exact) mass is 272 g/mol. The lowest BCUT2D eigenvalue weighted by Crippen LogP contribution is -2.01. The third kappa shape index (κ3) is 2.23. The summed E-state index contributed by atoms with van der Waals surface area (Å²) in [4.78, 5) is 0. The zero-order valence-corrected chi connectivity index (χ0v) is 12.2. The Bertz CT molecular complexity index is 753. The van der Waals surface area contributed by atoms with Crippen LogP contribution in [0.2, 0.25) is 0 Å². The predicted octanol–water partition coefficient (Wildman–Crippen LogP) is 3.53. The van der Waals surface area contributed by atoms with Gasteiger partial charge in [0.05, 0.1) is 6.61 Å². The van der Waals surface area contributed by atoms with E-state index >= 15 is 0 Å². The van der Waals surface area contributed by atoms with E-state index in [1.165, 1.54) is 22.3 Å². The quantitative estimate of drug-likeness (QED) is 0.787. The summed E-state index contributed by atoms with van der Waals surface area (Å²) in [5.41, 5.74) is 6.71. The Hall–Kier alpha value is -2.48. The van der Waals surface area contributed by atoms with Crippen LogP contribution in [0.15, 0.2) is 36.4 Å². The Kier molecular flexibility index (Phi) is 3.53. The van der Waals surface area contributed by atoms with E-state index in [-0.39, 0.29) is 12.5 Å². The standard InChI is InChI=1S/C20H16O/c1-3-5-14-7-9-16-18(11-14)19-12-15(6-4-2)8-10-17(19)20(16)13-21/h7-12,20-21H,13H2,1-2H3. The molecule has 0 heterocycles. The number of hydrogen-bond donors (Lipinski definition) is 1. The molecule has 0 aliphatic heterocycles. The fourth-order valence-corrected chi connectivity index (χ4v) is 3.00. The van der Waals surface area contributed by atoms with Crippen molar-refractivity contribution >= 4 is 0 Å². The Morgan fingerprint density at radius 3 is 1.71 bits per heavy atom. The largest absolute Gasteiger partial charge is 0.395 e. The van der Waals surface area contributed by atoms with Crippen LogP contribution in [0.3, 0.4) is 0 Å². The molecule has 3 rings (SSSR count). The highest BCUT2D eigenvalue weighted by Crippen LogP contribution is 2.45. The van der Waals surface area contributed by atoms with E-state index < -0.39 is 0 Å². The van der Waals surface area contributed by atoms with Gasteiger partial charge in [-0.2, -0.15) is 0 Å². The van der Waals surface area contributed by atoms with E-state index in [0.717, 1.165) is 11.1 Å². The van der Waals surface area contributed by atoms with E-state index in [0.29, 0.717) is 0 Å². The summed E-state index contributed by atoms with van der Waals surface area (Å²) >= 11 is 0. The predicted molar refractivity (Wildman–Crippen MR) is 85.9 cm³/mol. The summed E-state index contributed by atoms with van der Waals surface area (Å²) in [6.07, 6.45) is 0. The van der Waals surface area contributed by atoms with Gasteiger partial charge in [-0.1, -0.05) is 24.0 Å². The maximum absolute atomic E-state index is 9.75. The third-order valence-electron chi connectivity index (χ3n) is 3.87. The molecule has 1 N–H and O–H groups in total. The van der Waals surface area contributed by atoms with Crippen LogP contribution in [-0.4, -0.2) is 11.7 Å². The maximum atomic E-state index is 9.75. The van der Waals surface area contributed by atoms with E-state index in [1.54, 1.807) is 0 Å². The molecular formula is C20H16O. The van der Waals surface area contributed by atoms with Gasteiger partial charge in [0.15, 0.2) is 0 Å². The molecule has 0 saturated carbocycles. The Balaban J connectivity index is 2.23. The molecule has 0 aromatic heterocycles. The van der Waals surface area contributed by atoms with Gasteiger partial charge in [0.1, 0.15) is 0 Å². The van der Waals surface area contributed by atoms with Crippen LogP contribution in [-0.2, 0) is 0 Å². The van der Waals surface area contributed by atoms with E-state index in [1.807, 2.05) is 26.0 Å². The number of aliphatic hydroxyl groups is 1. The Labute approximate surface area is 125 Å². The lowest BCUT2D eigenvalue weighted by atomic mass is 9.97. The van der Waals surface area contributed by atoms with Crippen LogP contribution >= 0.6 is 0 Å². The molecule has 0 radical (unpaired) electrons. The lowest BCUT2D eigenvalue weighted by molar-refractivity contribution is 0.282. The summed E-state index contributed by atoms with van der Waals surface area (Å²) in [5.74, 6) is 12.1. The molecule has 21 heavy (non-hydrogen) atoms. The molecule has 1 aliphatic rings. The van der Waals surface area contributed by atoms with Gasteiger partial charge in [0.2, 0.25) is 0 Å². The number of aliphatic hydroxyl groups excluding tert-OH is 1. The first-order valence-electron chi connectivity index (χ1n) is 7.03. The summed E-state index contributed by atoms with van der Waals surface area (Å²) in [5, 5.41) is 9.75. The number of rotatable bonds is 1. The van der Waals surface area contributed by atoms with Gasteiger partial charge in [-0.05, 0) is 60.4 Å². The summed E-state index contributed by atoms with van der Waals surface area (Å²) in [6.45, 7) is 3.80. The molecule has 2 aromatic carbocycles. The van der Waals surface area contributed by atoms with Crippen molar-refractivity contribution in [1.82, 2.24) is 0 Å². The van der Waals surface area contributed by atoms with Crippen molar-refractivity contribution < 1.29 is 5.11 Å². The zero-order chi connectivity index (χ0) is 14.8. The van der Waals surface area contributed by atoms with Crippen molar-refractivity contribution in [3.8, 4) is 34.8 Å². The van der Waals surface area contributed by atoms with Crippen LogP contribution in [0, 0.1) is 23.7 Å². The minimum atomic E-state index is 0.0577. The molecule has 1 aliphatic carbocycles. The van der Waals surface area contributed by atoms with Crippen LogP contribution < -0.4 is 0 Å². The molecule has 0 bridgehead atoms. The highest BCUT2D eigenvalue weighted by Gasteiger charge is 2.28. The molecule has 0 fully saturated rings. The average molecular weight is 272 g/mol. The Morgan fingerprint density at radius 1 is 0.857 bits per heavy atom. The second-order valence-corrected chi connectivity index (χ2v) is 5.09. The molecule has 0 spiro atoms. The van der Waals surface area contributed by atoms with Crippen molar-refractivity contribution in [2.45, 2.75) is 19.8 Å². The molecule has 1 nitrogen and oxygen atoms in total. The molecule has 102 valence electrons. The van der Waals surface area contributed by atoms with E-state index in [4.69, 9.17) is 0 Å². The fraction of sp³-hybridized carbons (Fsp3) is 0.200. The van der Waals surface area contributed by atoms with E-state index in [9.17, 15) is 5.11 Å². The average Bonchev–Trinajstić information content (AvgIpc) is 2.81. The van der Waals surface area contributed by atoms with Gasteiger partial charge in [-0.25, -0.2) is 0 Å². The van der Waals surface area contributed by atoms with Gasteiger partial charge in [0, 0.05) is 17.0 Å². The minimum Gasteiger partial charge on any atom is -0.395 e. The van der Waals surface area contributed by atoms with E-state index in [2.05, 4.69) is 47.9 Å². The molecule has 1 heteroatoms. The fourth-order valence-electron chi connectivity index (χ4n) is 3.00. The first kappa shape index (κ1) is 13.5. The van der Waals surface area contributed by atoms with Crippen LogP contribution in [0.5, 0.6) is 0 Å². The molecular weight excluding hydrogens is 256 g/mol. The van der Waals surface area contributed by atoms with Crippen LogP contribution in [0.4, 0.5) is 0 Å². The maximum Gasteiger partial charge on any atom is 0.0540 e. The van der Waals surface area contributed by atoms with Crippen molar-refractivity contribution in [2.24, 2.45) is 0 Å². The molecule has 0 saturated heterocycles. The minimum absolute atomic E-state index is 0.0577. The third-order valence-corrected chi connectivity index (χ3v) is 3.87. The van der Waals surface area contributed by atoms with Gasteiger partial charge >= 0.3 is 0 Å². The topological polar surface area (TPSA) is 20.2 Å². The van der Waals surface area contributed by atoms with Crippen molar-refractivity contribution in [3.63, 3.8) is 0 Å². The normalized spacial score (nSPS) is 11.8. The van der Waals surface area contributed by atoms with Gasteiger partial charge < -0.3 is 5.11 Å². The molecule has 0 unspecified atom stereocenters. The highest BCUT2D eigenvalue weighted by molar-refractivity contribution is 5.81. The van der Waals surface area contributed by atoms with Crippen molar-refractivity contribution in [1.29, 1.82) is 0 Å². The highest BCUT2D eigenvalue weighted by atomic mass is 16.3. The Morgan fingerprint density at radius 2 is 1.33 bits per heavy atom. The summed E-state index contributed by atoms with van der Waals surface area (Å²) in [6, 6.07) is 12.4. The van der Waals surface area contributed by atoms with Crippen LogP contribution in [0.1, 0.15) is 42.0 Å². The zero-order valence-electron chi connectivity index (χ0n) is 12.2. The number of hydrogen-bond acceptors (Lipinski definition) is 1. The first-order valence-corrected chi connectivity index (χ1v) is 7.03.